The van der Waals surface area contributed by atoms with Gasteiger partial charge in [-0.15, -0.1) is 5.10 Å². The minimum absolute atomic E-state index is 0.111. The highest BCUT2D eigenvalue weighted by Gasteiger charge is 2.19. The number of amides is 1. The largest absolute Gasteiger partial charge is 0.451 e. The van der Waals surface area contributed by atoms with E-state index in [-0.39, 0.29) is 5.89 Å². The van der Waals surface area contributed by atoms with Crippen molar-refractivity contribution in [1.29, 1.82) is 0 Å². The van der Waals surface area contributed by atoms with Gasteiger partial charge in [0, 0.05) is 12.1 Å². The van der Waals surface area contributed by atoms with Crippen LogP contribution in [-0.4, -0.2) is 34.3 Å². The lowest BCUT2D eigenvalue weighted by Crippen LogP contribution is -2.36. The Morgan fingerprint density at radius 1 is 1.35 bits per heavy atom. The van der Waals surface area contributed by atoms with E-state index in [4.69, 9.17) is 9.15 Å². The van der Waals surface area contributed by atoms with E-state index < -0.39 is 30.3 Å². The number of benzene rings is 1. The van der Waals surface area contributed by atoms with Gasteiger partial charge in [-0.25, -0.2) is 4.79 Å². The molecule has 23 heavy (non-hydrogen) atoms. The number of hydrogen-bond acceptors (Lipinski definition) is 6. The minimum Gasteiger partial charge on any atom is -0.451 e. The van der Waals surface area contributed by atoms with Gasteiger partial charge in [0.15, 0.2) is 6.10 Å². The van der Waals surface area contributed by atoms with E-state index in [1.54, 1.807) is 31.2 Å². The summed E-state index contributed by atoms with van der Waals surface area (Å²) in [4.78, 5) is 35.0. The molecule has 2 rings (SSSR count). The molecule has 0 bridgehead atoms. The maximum Gasteiger partial charge on any atom is 0.437 e. The average molecular weight is 319 g/mol. The van der Waals surface area contributed by atoms with Crippen LogP contribution in [0.15, 0.2) is 39.5 Å². The summed E-state index contributed by atoms with van der Waals surface area (Å²) < 4.78 is 10.8. The molecule has 0 aliphatic carbocycles. The molecule has 2 aromatic rings. The lowest BCUT2D eigenvalue weighted by Gasteiger charge is -2.12. The molecule has 0 saturated carbocycles. The molecule has 1 atom stereocenters. The van der Waals surface area contributed by atoms with E-state index in [0.29, 0.717) is 12.1 Å². The Morgan fingerprint density at radius 2 is 2.04 bits per heavy atom. The predicted molar refractivity (Wildman–Crippen MR) is 80.4 cm³/mol. The molecule has 0 radical (unpaired) electrons. The molecule has 0 fully saturated rings. The molecule has 1 aromatic heterocycles. The second-order valence-corrected chi connectivity index (χ2v) is 4.72. The highest BCUT2D eigenvalue weighted by molar-refractivity contribution is 5.83. The summed E-state index contributed by atoms with van der Waals surface area (Å²) in [6.45, 7) is 3.21. The molecular weight excluding hydrogens is 302 g/mol. The lowest BCUT2D eigenvalue weighted by atomic mass is 10.2. The molecule has 8 nitrogen and oxygen atoms in total. The third kappa shape index (κ3) is 4.29. The number of nitrogens with one attached hydrogen (secondary N) is 1. The summed E-state index contributed by atoms with van der Waals surface area (Å²) in [5.74, 6) is -1.82. The molecule has 1 aromatic carbocycles. The maximum atomic E-state index is 11.8. The fourth-order valence-corrected chi connectivity index (χ4v) is 1.83. The number of nitrogens with zero attached hydrogens (tertiary/aromatic N) is 2. The molecule has 1 heterocycles. The van der Waals surface area contributed by atoms with Gasteiger partial charge in [-0.3, -0.25) is 9.59 Å². The third-order valence-corrected chi connectivity index (χ3v) is 2.93. The van der Waals surface area contributed by atoms with Gasteiger partial charge >= 0.3 is 11.7 Å². The monoisotopic (exact) mass is 319 g/mol. The molecule has 8 heteroatoms. The highest BCUT2D eigenvalue weighted by Crippen LogP contribution is 2.13. The van der Waals surface area contributed by atoms with Gasteiger partial charge in [0.25, 0.3) is 5.91 Å². The van der Waals surface area contributed by atoms with Gasteiger partial charge in [0.05, 0.1) is 0 Å². The van der Waals surface area contributed by atoms with Gasteiger partial charge in [0.1, 0.15) is 6.54 Å². The van der Waals surface area contributed by atoms with Crippen LogP contribution in [0.3, 0.4) is 0 Å². The second-order valence-electron chi connectivity index (χ2n) is 4.72. The average Bonchev–Trinajstić information content (AvgIpc) is 2.89. The van der Waals surface area contributed by atoms with Crippen LogP contribution < -0.4 is 11.1 Å². The van der Waals surface area contributed by atoms with E-state index in [0.717, 1.165) is 4.68 Å². The van der Waals surface area contributed by atoms with Crippen LogP contribution in [0.2, 0.25) is 0 Å². The number of esters is 1. The molecule has 0 unspecified atom stereocenters. The van der Waals surface area contributed by atoms with Gasteiger partial charge < -0.3 is 14.5 Å². The Hall–Kier alpha value is -2.90. The summed E-state index contributed by atoms with van der Waals surface area (Å²) in [5, 5.41) is 6.48. The lowest BCUT2D eigenvalue weighted by molar-refractivity contribution is -0.155. The van der Waals surface area contributed by atoms with Crippen molar-refractivity contribution in [2.45, 2.75) is 26.5 Å². The van der Waals surface area contributed by atoms with Crippen LogP contribution in [0.4, 0.5) is 0 Å². The Morgan fingerprint density at radius 3 is 2.70 bits per heavy atom. The molecule has 0 spiro atoms. The van der Waals surface area contributed by atoms with Crippen LogP contribution in [0.25, 0.3) is 11.5 Å². The summed E-state index contributed by atoms with van der Waals surface area (Å²) in [5.41, 5.74) is 0.618. The fraction of sp³-hybridized carbons (Fsp3) is 0.333. The van der Waals surface area contributed by atoms with Crippen molar-refractivity contribution in [2.24, 2.45) is 0 Å². The van der Waals surface area contributed by atoms with Crippen LogP contribution >= 0.6 is 0 Å². The number of carbonyl (C=O) groups excluding carboxylic acids is 2. The summed E-state index contributed by atoms with van der Waals surface area (Å²) in [6.07, 6.45) is -0.946. The van der Waals surface area contributed by atoms with Crippen molar-refractivity contribution >= 4 is 11.9 Å². The number of likely N-dealkylation sites (N-methyl/N-ethyl adjacent to an activating group) is 1. The number of ether oxygens (including phenoxy) is 1. The Labute approximate surface area is 132 Å². The number of aromatic nitrogens is 2. The first-order valence-corrected chi connectivity index (χ1v) is 7.11. The third-order valence-electron chi connectivity index (χ3n) is 2.93. The van der Waals surface area contributed by atoms with Crippen molar-refractivity contribution in [3.63, 3.8) is 0 Å². The van der Waals surface area contributed by atoms with Crippen molar-refractivity contribution in [2.75, 3.05) is 6.54 Å². The van der Waals surface area contributed by atoms with Crippen LogP contribution in [0.1, 0.15) is 13.8 Å². The number of carbonyl (C=O) groups is 2. The van der Waals surface area contributed by atoms with Gasteiger partial charge in [-0.2, -0.15) is 4.68 Å². The summed E-state index contributed by atoms with van der Waals surface area (Å²) in [6, 6.07) is 8.82. The zero-order valence-corrected chi connectivity index (χ0v) is 12.8. The zero-order valence-electron chi connectivity index (χ0n) is 12.8. The number of hydrogen-bond donors (Lipinski definition) is 1. The first-order chi connectivity index (χ1) is 11.0. The molecule has 0 aliphatic heterocycles. The Bertz CT molecular complexity index is 735. The smallest absolute Gasteiger partial charge is 0.437 e. The van der Waals surface area contributed by atoms with Gasteiger partial charge in [-0.1, -0.05) is 18.2 Å². The standard InChI is InChI=1S/C15H17N3O5/c1-3-16-13(20)10(2)22-12(19)9-18-15(21)23-14(17-18)11-7-5-4-6-8-11/h4-8,10H,3,9H2,1-2H3,(H,16,20)/t10-/m0/s1. The van der Waals surface area contributed by atoms with Crippen LogP contribution in [-0.2, 0) is 20.9 Å². The molecule has 0 saturated heterocycles. The van der Waals surface area contributed by atoms with E-state index in [1.165, 1.54) is 6.92 Å². The van der Waals surface area contributed by atoms with Crippen molar-refractivity contribution in [3.05, 3.63) is 40.9 Å². The van der Waals surface area contributed by atoms with Gasteiger partial charge in [-0.05, 0) is 26.0 Å². The summed E-state index contributed by atoms with van der Waals surface area (Å²) >= 11 is 0. The molecule has 1 N–H and O–H groups in total. The second kappa shape index (κ2) is 7.39. The van der Waals surface area contributed by atoms with Crippen LogP contribution in [0, 0.1) is 0 Å². The van der Waals surface area contributed by atoms with E-state index in [2.05, 4.69) is 10.4 Å². The molecule has 1 amide bonds. The number of rotatable bonds is 6. The minimum atomic E-state index is -0.946. The normalized spacial score (nSPS) is 11.7. The highest BCUT2D eigenvalue weighted by atomic mass is 16.5. The Balaban J connectivity index is 2.03. The first kappa shape index (κ1) is 16.5. The van der Waals surface area contributed by atoms with E-state index in [1.807, 2.05) is 6.07 Å². The maximum absolute atomic E-state index is 11.8. The molecular formula is C15H17N3O5. The quantitative estimate of drug-likeness (QED) is 0.781. The van der Waals surface area contributed by atoms with Crippen molar-refractivity contribution < 1.29 is 18.7 Å². The fourth-order valence-electron chi connectivity index (χ4n) is 1.83. The van der Waals surface area contributed by atoms with Gasteiger partial charge in [0.2, 0.25) is 5.89 Å². The molecule has 0 aliphatic rings. The van der Waals surface area contributed by atoms with E-state index >= 15 is 0 Å². The van der Waals surface area contributed by atoms with Crippen LogP contribution in [0.5, 0.6) is 0 Å². The SMILES string of the molecule is CCNC(=O)[C@H](C)OC(=O)Cn1nc(-c2ccccc2)oc1=O. The predicted octanol–water partition coefficient (Wildman–Crippen LogP) is 0.571. The molecule has 122 valence electrons. The van der Waals surface area contributed by atoms with Crippen molar-refractivity contribution in [1.82, 2.24) is 15.1 Å². The zero-order chi connectivity index (χ0) is 16.8. The Kier molecular flexibility index (Phi) is 5.29. The summed E-state index contributed by atoms with van der Waals surface area (Å²) in [7, 11) is 0. The van der Waals surface area contributed by atoms with Crippen molar-refractivity contribution in [3.8, 4) is 11.5 Å². The van der Waals surface area contributed by atoms with E-state index in [9.17, 15) is 14.4 Å². The topological polar surface area (TPSA) is 103 Å². The first-order valence-electron chi connectivity index (χ1n) is 7.11.